The van der Waals surface area contributed by atoms with Crippen molar-refractivity contribution in [3.63, 3.8) is 0 Å². The molecule has 1 aromatic heterocycles. The van der Waals surface area contributed by atoms with Crippen LogP contribution in [0, 0.1) is 0 Å². The molecule has 5 nitrogen and oxygen atoms in total. The first-order valence-electron chi connectivity index (χ1n) is 6.97. The molecule has 1 aromatic carbocycles. The van der Waals surface area contributed by atoms with Crippen LogP contribution in [0.15, 0.2) is 18.2 Å². The first-order valence-corrected chi connectivity index (χ1v) is 9.37. The Morgan fingerprint density at radius 1 is 1.26 bits per heavy atom. The van der Waals surface area contributed by atoms with Crippen molar-refractivity contribution in [1.82, 2.24) is 10.2 Å². The normalized spacial score (nSPS) is 11.7. The molecule has 7 heteroatoms. The molecule has 0 bridgehead atoms. The van der Waals surface area contributed by atoms with Crippen LogP contribution in [0.3, 0.4) is 0 Å². The molecule has 23 heavy (non-hydrogen) atoms. The van der Waals surface area contributed by atoms with E-state index in [1.165, 1.54) is 11.3 Å². The highest BCUT2D eigenvalue weighted by atomic mass is 79.9. The monoisotopic (exact) mass is 402 g/mol. The molecular weight excluding hydrogens is 380 g/mol. The van der Waals surface area contributed by atoms with Crippen LogP contribution in [0.4, 0.5) is 0 Å². The van der Waals surface area contributed by atoms with Gasteiger partial charge in [-0.2, -0.15) is 0 Å². The molecule has 128 valence electrons. The topological polar surface area (TPSA) is 50.8 Å². The van der Waals surface area contributed by atoms with Gasteiger partial charge in [-0.15, -0.1) is 11.3 Å². The quantitative estimate of drug-likeness (QED) is 0.613. The van der Waals surface area contributed by atoms with Gasteiger partial charge in [-0.05, 0) is 45.1 Å². The lowest BCUT2D eigenvalue weighted by Gasteiger charge is -2.20. The van der Waals surface area contributed by atoms with Crippen LogP contribution in [0.25, 0.3) is 10.1 Å². The number of methoxy groups -OCH3 is 2. The van der Waals surface area contributed by atoms with E-state index >= 15 is 0 Å². The number of rotatable bonds is 5. The summed E-state index contributed by atoms with van der Waals surface area (Å²) in [5.74, 6) is 3.02. The Bertz CT molecular complexity index is 658. The molecule has 1 heterocycles. The van der Waals surface area contributed by atoms with E-state index in [1.54, 1.807) is 14.2 Å². The van der Waals surface area contributed by atoms with Gasteiger partial charge in [0, 0.05) is 10.1 Å². The van der Waals surface area contributed by atoms with E-state index in [1.807, 2.05) is 50.0 Å². The minimum atomic E-state index is -0.131. The number of thiophene rings is 1. The number of nitrogens with zero attached hydrogens (tertiary/aromatic N) is 1. The van der Waals surface area contributed by atoms with Gasteiger partial charge in [0.2, 0.25) is 0 Å². The maximum Gasteiger partial charge on any atom is 0.266 e. The molecule has 1 atom stereocenters. The molecule has 0 aliphatic carbocycles. The third-order valence-electron chi connectivity index (χ3n) is 3.37. The Kier molecular flexibility index (Phi) is 7.81. The van der Waals surface area contributed by atoms with E-state index in [4.69, 9.17) is 9.47 Å². The molecule has 2 aromatic rings. The Morgan fingerprint density at radius 3 is 2.43 bits per heavy atom. The fourth-order valence-electron chi connectivity index (χ4n) is 1.92. The highest BCUT2D eigenvalue weighted by Gasteiger charge is 2.21. The van der Waals surface area contributed by atoms with Gasteiger partial charge in [0.05, 0.1) is 20.4 Å². The first-order chi connectivity index (χ1) is 11.0. The van der Waals surface area contributed by atoms with Crippen molar-refractivity contribution in [3.8, 4) is 11.5 Å². The van der Waals surface area contributed by atoms with Crippen molar-refractivity contribution in [3.05, 3.63) is 23.1 Å². The van der Waals surface area contributed by atoms with Crippen molar-refractivity contribution >= 4 is 43.3 Å². The van der Waals surface area contributed by atoms with Gasteiger partial charge >= 0.3 is 0 Å². The fourth-order valence-corrected chi connectivity index (χ4v) is 2.97. The number of nitrogens with one attached hydrogen (secondary N) is 1. The second-order valence-electron chi connectivity index (χ2n) is 4.94. The predicted molar refractivity (Wildman–Crippen MR) is 100 cm³/mol. The second kappa shape index (κ2) is 9.10. The van der Waals surface area contributed by atoms with E-state index < -0.39 is 0 Å². The maximum absolute atomic E-state index is 12.4. The van der Waals surface area contributed by atoms with Crippen molar-refractivity contribution in [2.75, 3.05) is 34.1 Å². The number of fused-ring (bicyclic) bond motifs is 1. The predicted octanol–water partition coefficient (Wildman–Crippen LogP) is 3.57. The van der Waals surface area contributed by atoms with Crippen LogP contribution in [-0.2, 0) is 0 Å². The molecular formula is C16H23BrN2O3S. The first kappa shape index (κ1) is 19.7. The van der Waals surface area contributed by atoms with Crippen LogP contribution in [0.5, 0.6) is 11.5 Å². The van der Waals surface area contributed by atoms with E-state index in [9.17, 15) is 4.79 Å². The standard InChI is InChI=1S/C15H20N2O3S.CH3Br/c1-9(17(2)3)16-15(18)14-13(20-5)11-8-10(19-4)6-7-12(11)21-14;1-2/h6-9H,1-5H3,(H,16,18);1H3. The number of benzene rings is 1. The summed E-state index contributed by atoms with van der Waals surface area (Å²) >= 11 is 4.36. The summed E-state index contributed by atoms with van der Waals surface area (Å²) in [5, 5.41) is 3.84. The Balaban J connectivity index is 0.00000127. The molecule has 2 rings (SSSR count). The average Bonchev–Trinajstić information content (AvgIpc) is 2.94. The average molecular weight is 403 g/mol. The minimum absolute atomic E-state index is 0.0537. The third-order valence-corrected chi connectivity index (χ3v) is 4.53. The molecule has 0 saturated carbocycles. The number of alkyl halides is 1. The zero-order chi connectivity index (χ0) is 17.6. The molecule has 1 unspecified atom stereocenters. The van der Waals surface area contributed by atoms with Gasteiger partial charge < -0.3 is 14.8 Å². The number of amides is 1. The summed E-state index contributed by atoms with van der Waals surface area (Å²) in [4.78, 5) is 14.9. The lowest BCUT2D eigenvalue weighted by Crippen LogP contribution is -2.42. The zero-order valence-electron chi connectivity index (χ0n) is 14.3. The van der Waals surface area contributed by atoms with Gasteiger partial charge in [0.15, 0.2) is 0 Å². The number of hydrogen-bond acceptors (Lipinski definition) is 5. The number of carbonyl (C=O) groups excluding carboxylic acids is 1. The molecule has 0 radical (unpaired) electrons. The van der Waals surface area contributed by atoms with Gasteiger partial charge in [-0.25, -0.2) is 0 Å². The van der Waals surface area contributed by atoms with Crippen LogP contribution < -0.4 is 14.8 Å². The van der Waals surface area contributed by atoms with Crippen molar-refractivity contribution in [1.29, 1.82) is 0 Å². The number of halogens is 1. The Labute approximate surface area is 149 Å². The van der Waals surface area contributed by atoms with Crippen molar-refractivity contribution in [2.45, 2.75) is 13.1 Å². The lowest BCUT2D eigenvalue weighted by atomic mass is 10.2. The summed E-state index contributed by atoms with van der Waals surface area (Å²) in [5.41, 5.74) is 0. The Morgan fingerprint density at radius 2 is 1.91 bits per heavy atom. The van der Waals surface area contributed by atoms with E-state index in [2.05, 4.69) is 21.2 Å². The highest BCUT2D eigenvalue weighted by Crippen LogP contribution is 2.39. The van der Waals surface area contributed by atoms with Gasteiger partial charge in [-0.3, -0.25) is 9.69 Å². The molecule has 0 fully saturated rings. The van der Waals surface area contributed by atoms with Crippen molar-refractivity contribution in [2.24, 2.45) is 0 Å². The van der Waals surface area contributed by atoms with Gasteiger partial charge in [0.1, 0.15) is 16.4 Å². The van der Waals surface area contributed by atoms with Gasteiger partial charge in [0.25, 0.3) is 5.91 Å². The molecule has 0 aliphatic rings. The molecule has 0 aliphatic heterocycles. The maximum atomic E-state index is 12.4. The second-order valence-corrected chi connectivity index (χ2v) is 5.99. The smallest absolute Gasteiger partial charge is 0.266 e. The third kappa shape index (κ3) is 4.59. The summed E-state index contributed by atoms with van der Waals surface area (Å²) in [7, 11) is 7.02. The number of carbonyl (C=O) groups is 1. The highest BCUT2D eigenvalue weighted by molar-refractivity contribution is 9.08. The van der Waals surface area contributed by atoms with Crippen LogP contribution in [0.2, 0.25) is 0 Å². The van der Waals surface area contributed by atoms with Crippen LogP contribution >= 0.6 is 27.3 Å². The summed E-state index contributed by atoms with van der Waals surface area (Å²) in [6.07, 6.45) is -0.0537. The SMILES string of the molecule is CBr.COc1ccc2sc(C(=O)NC(C)N(C)C)c(OC)c2c1. The van der Waals surface area contributed by atoms with E-state index in [0.717, 1.165) is 15.8 Å². The largest absolute Gasteiger partial charge is 0.497 e. The summed E-state index contributed by atoms with van der Waals surface area (Å²) in [6, 6.07) is 5.70. The Hall–Kier alpha value is -1.31. The molecule has 1 amide bonds. The van der Waals surface area contributed by atoms with Crippen LogP contribution in [-0.4, -0.2) is 51.1 Å². The molecule has 0 spiro atoms. The van der Waals surface area contributed by atoms with Crippen LogP contribution in [0.1, 0.15) is 16.6 Å². The minimum Gasteiger partial charge on any atom is -0.497 e. The molecule has 1 N–H and O–H groups in total. The fraction of sp³-hybridized carbons (Fsp3) is 0.438. The summed E-state index contributed by atoms with van der Waals surface area (Å²) < 4.78 is 11.7. The number of hydrogen-bond donors (Lipinski definition) is 1. The lowest BCUT2D eigenvalue weighted by molar-refractivity contribution is 0.0902. The molecule has 0 saturated heterocycles. The van der Waals surface area contributed by atoms with E-state index in [0.29, 0.717) is 10.6 Å². The van der Waals surface area contributed by atoms with E-state index in [-0.39, 0.29) is 12.1 Å². The summed E-state index contributed by atoms with van der Waals surface area (Å²) in [6.45, 7) is 1.93. The van der Waals surface area contributed by atoms with Gasteiger partial charge in [-0.1, -0.05) is 15.9 Å². The zero-order valence-corrected chi connectivity index (χ0v) is 16.7. The number of ether oxygens (including phenoxy) is 2. The van der Waals surface area contributed by atoms with Crippen molar-refractivity contribution < 1.29 is 14.3 Å².